The number of fused-ring (bicyclic) bond motifs is 1. The number of carbonyl (C=O) groups excluding carboxylic acids is 1. The van der Waals surface area contributed by atoms with E-state index in [-0.39, 0.29) is 5.91 Å². The van der Waals surface area contributed by atoms with E-state index in [1.807, 2.05) is 36.6 Å². The summed E-state index contributed by atoms with van der Waals surface area (Å²) in [5.74, 6) is -0.110. The highest BCUT2D eigenvalue weighted by Crippen LogP contribution is 2.27. The van der Waals surface area contributed by atoms with Crippen LogP contribution in [-0.2, 0) is 4.79 Å². The molecule has 0 aliphatic heterocycles. The Kier molecular flexibility index (Phi) is 5.18. The van der Waals surface area contributed by atoms with Gasteiger partial charge in [-0.15, -0.1) is 11.3 Å². The van der Waals surface area contributed by atoms with Crippen molar-refractivity contribution in [3.8, 4) is 17.0 Å². The van der Waals surface area contributed by atoms with Gasteiger partial charge in [0.1, 0.15) is 11.8 Å². The van der Waals surface area contributed by atoms with Gasteiger partial charge in [-0.25, -0.2) is 9.78 Å². The number of oxazole rings is 1. The van der Waals surface area contributed by atoms with Crippen LogP contribution in [0.5, 0.6) is 5.75 Å². The zero-order valence-electron chi connectivity index (χ0n) is 15.9. The van der Waals surface area contributed by atoms with Crippen molar-refractivity contribution in [3.05, 3.63) is 64.5 Å². The van der Waals surface area contributed by atoms with E-state index in [0.717, 1.165) is 17.0 Å². The molecule has 0 bridgehead atoms. The Hall–Kier alpha value is -3.39. The van der Waals surface area contributed by atoms with Crippen LogP contribution in [0.2, 0.25) is 0 Å². The highest BCUT2D eigenvalue weighted by atomic mass is 32.1. The number of ether oxygens (including phenoxy) is 1. The molecule has 4 aromatic rings. The lowest BCUT2D eigenvalue weighted by molar-refractivity contribution is -0.118. The summed E-state index contributed by atoms with van der Waals surface area (Å²) in [4.78, 5) is 29.4. The molecule has 1 atom stereocenters. The number of carbonyl (C=O) groups is 1. The number of para-hydroxylation sites is 2. The van der Waals surface area contributed by atoms with Crippen LogP contribution >= 0.6 is 11.3 Å². The van der Waals surface area contributed by atoms with Gasteiger partial charge >= 0.3 is 5.76 Å². The van der Waals surface area contributed by atoms with Crippen molar-refractivity contribution in [2.45, 2.75) is 19.9 Å². The monoisotopic (exact) mass is 409 g/mol. The van der Waals surface area contributed by atoms with Crippen LogP contribution in [0, 0.1) is 0 Å². The highest BCUT2D eigenvalue weighted by molar-refractivity contribution is 7.14. The summed E-state index contributed by atoms with van der Waals surface area (Å²) in [5, 5.41) is 5.12. The van der Waals surface area contributed by atoms with Crippen molar-refractivity contribution in [3.63, 3.8) is 0 Å². The number of hydrogen-bond acceptors (Lipinski definition) is 6. The Morgan fingerprint density at radius 2 is 2.00 bits per heavy atom. The van der Waals surface area contributed by atoms with Crippen molar-refractivity contribution in [1.82, 2.24) is 9.55 Å². The number of amides is 1. The summed E-state index contributed by atoms with van der Waals surface area (Å²) in [6.07, 6.45) is 0. The normalized spacial score (nSPS) is 12.1. The largest absolute Gasteiger partial charge is 0.494 e. The Bertz CT molecular complexity index is 1210. The van der Waals surface area contributed by atoms with E-state index in [4.69, 9.17) is 9.15 Å². The predicted molar refractivity (Wildman–Crippen MR) is 113 cm³/mol. The fourth-order valence-electron chi connectivity index (χ4n) is 3.03. The molecule has 7 nitrogen and oxygen atoms in total. The van der Waals surface area contributed by atoms with Crippen LogP contribution in [0.15, 0.2) is 63.1 Å². The number of nitrogens with zero attached hydrogens (tertiary/aromatic N) is 2. The molecule has 1 amide bonds. The van der Waals surface area contributed by atoms with E-state index >= 15 is 0 Å². The average Bonchev–Trinajstić information content (AvgIpc) is 3.31. The van der Waals surface area contributed by atoms with Gasteiger partial charge in [0.25, 0.3) is 0 Å². The fraction of sp³-hybridized carbons (Fsp3) is 0.190. The minimum atomic E-state index is -0.746. The molecule has 2 aromatic carbocycles. The summed E-state index contributed by atoms with van der Waals surface area (Å²) in [6, 6.07) is 13.9. The van der Waals surface area contributed by atoms with Crippen LogP contribution in [0.3, 0.4) is 0 Å². The van der Waals surface area contributed by atoms with Crippen molar-refractivity contribution in [1.29, 1.82) is 0 Å². The number of thiazole rings is 1. The number of hydrogen-bond donors (Lipinski definition) is 1. The maximum atomic E-state index is 12.7. The summed E-state index contributed by atoms with van der Waals surface area (Å²) >= 11 is 1.32. The Balaban J connectivity index is 1.51. The van der Waals surface area contributed by atoms with E-state index in [0.29, 0.717) is 22.8 Å². The first-order chi connectivity index (χ1) is 14.1. The van der Waals surface area contributed by atoms with Crippen molar-refractivity contribution >= 4 is 33.5 Å². The third kappa shape index (κ3) is 3.79. The maximum Gasteiger partial charge on any atom is 0.420 e. The second kappa shape index (κ2) is 7.92. The molecule has 0 saturated carbocycles. The van der Waals surface area contributed by atoms with E-state index in [2.05, 4.69) is 10.3 Å². The predicted octanol–water partition coefficient (Wildman–Crippen LogP) is 4.32. The van der Waals surface area contributed by atoms with Gasteiger partial charge in [-0.3, -0.25) is 9.36 Å². The summed E-state index contributed by atoms with van der Waals surface area (Å²) in [5.41, 5.74) is 2.71. The van der Waals surface area contributed by atoms with E-state index in [9.17, 15) is 9.59 Å². The molecule has 2 aromatic heterocycles. The highest BCUT2D eigenvalue weighted by Gasteiger charge is 2.22. The standard InChI is InChI=1S/C21H19N3O4S/c1-3-27-15-10-8-14(9-11-15)16-12-29-20(22-16)23-19(25)13(2)24-17-6-4-5-7-18(17)28-21(24)26/h4-13H,3H2,1-2H3,(H,22,23,25). The number of nitrogens with one attached hydrogen (secondary N) is 1. The molecule has 1 unspecified atom stereocenters. The fourth-order valence-corrected chi connectivity index (χ4v) is 3.75. The molecule has 2 heterocycles. The third-order valence-electron chi connectivity index (χ3n) is 4.48. The second-order valence-electron chi connectivity index (χ2n) is 6.37. The summed E-state index contributed by atoms with van der Waals surface area (Å²) in [6.45, 7) is 4.20. The molecule has 0 fully saturated rings. The maximum absolute atomic E-state index is 12.7. The lowest BCUT2D eigenvalue weighted by Gasteiger charge is -2.11. The lowest BCUT2D eigenvalue weighted by Crippen LogP contribution is -2.29. The van der Waals surface area contributed by atoms with Gasteiger partial charge < -0.3 is 14.5 Å². The van der Waals surface area contributed by atoms with Gasteiger partial charge in [0.05, 0.1) is 17.8 Å². The molecular formula is C21H19N3O4S. The summed E-state index contributed by atoms with van der Waals surface area (Å²) in [7, 11) is 0. The Morgan fingerprint density at radius 3 is 2.76 bits per heavy atom. The molecule has 8 heteroatoms. The van der Waals surface area contributed by atoms with Gasteiger partial charge in [-0.05, 0) is 50.2 Å². The van der Waals surface area contributed by atoms with Gasteiger partial charge in [0.2, 0.25) is 5.91 Å². The smallest absolute Gasteiger partial charge is 0.420 e. The van der Waals surface area contributed by atoms with E-state index in [1.54, 1.807) is 31.2 Å². The molecule has 148 valence electrons. The van der Waals surface area contributed by atoms with Gasteiger partial charge in [0, 0.05) is 10.9 Å². The zero-order chi connectivity index (χ0) is 20.4. The molecule has 29 heavy (non-hydrogen) atoms. The minimum absolute atomic E-state index is 0.341. The number of aromatic nitrogens is 2. The zero-order valence-corrected chi connectivity index (χ0v) is 16.7. The molecule has 1 N–H and O–H groups in total. The van der Waals surface area contributed by atoms with Crippen LogP contribution in [-0.4, -0.2) is 22.1 Å². The molecule has 0 spiro atoms. The Labute approximate surface area is 170 Å². The van der Waals surface area contributed by atoms with Gasteiger partial charge in [0.15, 0.2) is 10.7 Å². The Morgan fingerprint density at radius 1 is 1.24 bits per heavy atom. The molecule has 0 aliphatic rings. The summed E-state index contributed by atoms with van der Waals surface area (Å²) < 4.78 is 12.0. The third-order valence-corrected chi connectivity index (χ3v) is 5.24. The van der Waals surface area contributed by atoms with Crippen LogP contribution in [0.4, 0.5) is 5.13 Å². The van der Waals surface area contributed by atoms with Crippen molar-refractivity contribution in [2.24, 2.45) is 0 Å². The number of benzene rings is 2. The van der Waals surface area contributed by atoms with Gasteiger partial charge in [-0.1, -0.05) is 12.1 Å². The first-order valence-corrected chi connectivity index (χ1v) is 10.0. The average molecular weight is 409 g/mol. The number of anilines is 1. The quantitative estimate of drug-likeness (QED) is 0.513. The first-order valence-electron chi connectivity index (χ1n) is 9.16. The minimum Gasteiger partial charge on any atom is -0.494 e. The van der Waals surface area contributed by atoms with E-state index in [1.165, 1.54) is 15.9 Å². The second-order valence-corrected chi connectivity index (χ2v) is 7.22. The molecule has 4 rings (SSSR count). The first kappa shape index (κ1) is 18.9. The van der Waals surface area contributed by atoms with E-state index < -0.39 is 11.8 Å². The van der Waals surface area contributed by atoms with Crippen molar-refractivity contribution < 1.29 is 13.9 Å². The number of rotatable bonds is 6. The SMILES string of the molecule is CCOc1ccc(-c2csc(NC(=O)C(C)n3c(=O)oc4ccccc43)n2)cc1. The molecule has 0 radical (unpaired) electrons. The molecular weight excluding hydrogens is 390 g/mol. The molecule has 0 aliphatic carbocycles. The lowest BCUT2D eigenvalue weighted by atomic mass is 10.2. The van der Waals surface area contributed by atoms with Crippen molar-refractivity contribution in [2.75, 3.05) is 11.9 Å². The molecule has 0 saturated heterocycles. The van der Waals surface area contributed by atoms with Crippen LogP contribution in [0.25, 0.3) is 22.4 Å². The van der Waals surface area contributed by atoms with Crippen LogP contribution < -0.4 is 15.8 Å². The topological polar surface area (TPSA) is 86.4 Å². The van der Waals surface area contributed by atoms with Crippen LogP contribution in [0.1, 0.15) is 19.9 Å². The van der Waals surface area contributed by atoms with Gasteiger partial charge in [-0.2, -0.15) is 0 Å².